The number of aromatic nitrogens is 2. The number of anilines is 3. The van der Waals surface area contributed by atoms with Crippen LogP contribution < -0.4 is 10.2 Å². The predicted molar refractivity (Wildman–Crippen MR) is 159 cm³/mol. The Bertz CT molecular complexity index is 1600. The van der Waals surface area contributed by atoms with Crippen LogP contribution in [0.25, 0.3) is 10.9 Å². The van der Waals surface area contributed by atoms with Gasteiger partial charge in [0.2, 0.25) is 5.95 Å². The summed E-state index contributed by atoms with van der Waals surface area (Å²) in [4.78, 5) is 14.4. The van der Waals surface area contributed by atoms with E-state index in [1.165, 1.54) is 5.69 Å². The molecule has 9 heteroatoms. The molecule has 39 heavy (non-hydrogen) atoms. The number of nitrogens with zero attached hydrogens (tertiary/aromatic N) is 4. The van der Waals surface area contributed by atoms with Gasteiger partial charge in [0.25, 0.3) is 0 Å². The minimum Gasteiger partial charge on any atom is -0.369 e. The second-order valence-electron chi connectivity index (χ2n) is 10.6. The summed E-state index contributed by atoms with van der Waals surface area (Å²) in [6.45, 7) is 4.19. The lowest BCUT2D eigenvalue weighted by Crippen LogP contribution is -2.44. The van der Waals surface area contributed by atoms with Crippen molar-refractivity contribution in [2.45, 2.75) is 30.3 Å². The first-order chi connectivity index (χ1) is 18.8. The third-order valence-corrected chi connectivity index (χ3v) is 10.1. The van der Waals surface area contributed by atoms with E-state index in [9.17, 15) is 8.42 Å². The molecule has 1 N–H and O–H groups in total. The number of halogens is 1. The fraction of sp³-hybridized carbons (Fsp3) is 0.333. The highest BCUT2D eigenvalue weighted by Gasteiger charge is 2.35. The molecule has 1 aromatic heterocycles. The lowest BCUT2D eigenvalue weighted by Gasteiger charge is -2.34. The normalized spacial score (nSPS) is 16.5. The number of fused-ring (bicyclic) bond motifs is 1. The number of hydrogen-bond donors (Lipinski definition) is 1. The van der Waals surface area contributed by atoms with E-state index >= 15 is 0 Å². The zero-order valence-corrected chi connectivity index (χ0v) is 23.5. The van der Waals surface area contributed by atoms with Gasteiger partial charge in [-0.1, -0.05) is 41.9 Å². The Kier molecular flexibility index (Phi) is 7.18. The molecule has 7 nitrogen and oxygen atoms in total. The van der Waals surface area contributed by atoms with Gasteiger partial charge in [-0.3, -0.25) is 0 Å². The van der Waals surface area contributed by atoms with E-state index in [-0.39, 0.29) is 11.0 Å². The third kappa shape index (κ3) is 6.03. The van der Waals surface area contributed by atoms with Crippen molar-refractivity contribution in [3.63, 3.8) is 0 Å². The molecule has 1 saturated carbocycles. The van der Waals surface area contributed by atoms with E-state index in [1.54, 1.807) is 6.07 Å². The first kappa shape index (κ1) is 26.0. The molecule has 4 aromatic rings. The quantitative estimate of drug-likeness (QED) is 0.306. The molecule has 202 valence electrons. The van der Waals surface area contributed by atoms with E-state index in [4.69, 9.17) is 21.6 Å². The fourth-order valence-corrected chi connectivity index (χ4v) is 7.11. The molecule has 1 aliphatic carbocycles. The van der Waals surface area contributed by atoms with Crippen molar-refractivity contribution in [2.75, 3.05) is 43.4 Å². The molecule has 0 bridgehead atoms. The van der Waals surface area contributed by atoms with Gasteiger partial charge in [-0.05, 0) is 67.4 Å². The van der Waals surface area contributed by atoms with Crippen LogP contribution in [0.3, 0.4) is 0 Å². The summed E-state index contributed by atoms with van der Waals surface area (Å²) in [5.74, 6) is 0.507. The molecule has 2 heterocycles. The Morgan fingerprint density at radius 3 is 2.44 bits per heavy atom. The Labute approximate surface area is 234 Å². The Morgan fingerprint density at radius 1 is 0.949 bits per heavy atom. The number of para-hydroxylation sites is 1. The topological polar surface area (TPSA) is 78.4 Å². The summed E-state index contributed by atoms with van der Waals surface area (Å²) < 4.78 is 25.2. The Morgan fingerprint density at radius 2 is 1.69 bits per heavy atom. The average molecular weight is 562 g/mol. The van der Waals surface area contributed by atoms with Gasteiger partial charge in [-0.15, -0.1) is 0 Å². The molecule has 6 rings (SSSR count). The smallest absolute Gasteiger partial charge is 0.228 e. The Hall–Kier alpha value is -3.20. The summed E-state index contributed by atoms with van der Waals surface area (Å²) in [7, 11) is -1.01. The highest BCUT2D eigenvalue weighted by Crippen LogP contribution is 2.33. The maximum atomic E-state index is 12.6. The molecule has 3 aromatic carbocycles. The maximum absolute atomic E-state index is 12.6. The largest absolute Gasteiger partial charge is 0.369 e. The van der Waals surface area contributed by atoms with Gasteiger partial charge in [-0.25, -0.2) is 18.4 Å². The zero-order valence-electron chi connectivity index (χ0n) is 22.0. The first-order valence-corrected chi connectivity index (χ1v) is 15.5. The summed E-state index contributed by atoms with van der Waals surface area (Å²) in [5.41, 5.74) is 5.48. The SMILES string of the molecule is CN1CCN(c2ccc(Nc3nc(Cc4ccc(Cl)c(CS(=O)(=O)C5CC5)c4)c4ccccc4n3)cc2)CC1. The lowest BCUT2D eigenvalue weighted by atomic mass is 10.0. The molecule has 1 saturated heterocycles. The van der Waals surface area contributed by atoms with Crippen molar-refractivity contribution in [1.29, 1.82) is 0 Å². The standard InChI is InChI=1S/C30H32ClN5O2S/c1-35-14-16-36(17-15-35)24-9-7-23(8-10-24)32-30-33-28-5-3-2-4-26(28)29(34-30)19-21-6-13-27(31)22(18-21)20-39(37,38)25-11-12-25/h2-10,13,18,25H,11-12,14-17,19-20H2,1H3,(H,32,33,34). The minimum absolute atomic E-state index is 0.0220. The van der Waals surface area contributed by atoms with Crippen LogP contribution >= 0.6 is 11.6 Å². The highest BCUT2D eigenvalue weighted by atomic mass is 35.5. The summed E-state index contributed by atoms with van der Waals surface area (Å²) in [5, 5.41) is 4.62. The maximum Gasteiger partial charge on any atom is 0.228 e. The molecule has 0 spiro atoms. The zero-order chi connectivity index (χ0) is 27.0. The van der Waals surface area contributed by atoms with Crippen LogP contribution in [0.4, 0.5) is 17.3 Å². The fourth-order valence-electron chi connectivity index (χ4n) is 5.09. The van der Waals surface area contributed by atoms with Crippen molar-refractivity contribution in [2.24, 2.45) is 0 Å². The summed E-state index contributed by atoms with van der Waals surface area (Å²) in [6, 6.07) is 22.0. The first-order valence-electron chi connectivity index (χ1n) is 13.4. The van der Waals surface area contributed by atoms with Crippen LogP contribution in [-0.4, -0.2) is 61.8 Å². The number of nitrogens with one attached hydrogen (secondary N) is 1. The highest BCUT2D eigenvalue weighted by molar-refractivity contribution is 7.91. The summed E-state index contributed by atoms with van der Waals surface area (Å²) in [6.07, 6.45) is 2.04. The molecular weight excluding hydrogens is 530 g/mol. The van der Waals surface area contributed by atoms with Crippen LogP contribution in [0.15, 0.2) is 66.7 Å². The van der Waals surface area contributed by atoms with Crippen molar-refractivity contribution in [3.8, 4) is 0 Å². The number of hydrogen-bond acceptors (Lipinski definition) is 7. The molecule has 2 aliphatic rings. The summed E-state index contributed by atoms with van der Waals surface area (Å²) >= 11 is 6.40. The predicted octanol–water partition coefficient (Wildman–Crippen LogP) is 5.45. The van der Waals surface area contributed by atoms with Gasteiger partial charge in [0.15, 0.2) is 9.84 Å². The molecule has 1 aliphatic heterocycles. The second kappa shape index (κ2) is 10.8. The van der Waals surface area contributed by atoms with Crippen LogP contribution in [-0.2, 0) is 22.0 Å². The van der Waals surface area contributed by atoms with Crippen molar-refractivity contribution in [1.82, 2.24) is 14.9 Å². The van der Waals surface area contributed by atoms with Crippen LogP contribution in [0.1, 0.15) is 29.7 Å². The Balaban J connectivity index is 1.24. The number of sulfone groups is 1. The van der Waals surface area contributed by atoms with Gasteiger partial charge in [-0.2, -0.15) is 0 Å². The van der Waals surface area contributed by atoms with Gasteiger partial charge >= 0.3 is 0 Å². The van der Waals surface area contributed by atoms with Gasteiger partial charge in [0.1, 0.15) is 0 Å². The van der Waals surface area contributed by atoms with Crippen LogP contribution in [0.2, 0.25) is 5.02 Å². The van der Waals surface area contributed by atoms with Crippen molar-refractivity contribution < 1.29 is 8.42 Å². The van der Waals surface area contributed by atoms with Gasteiger partial charge in [0, 0.05) is 54.4 Å². The van der Waals surface area contributed by atoms with E-state index < -0.39 is 9.84 Å². The molecule has 0 radical (unpaired) electrons. The van der Waals surface area contributed by atoms with Crippen molar-refractivity contribution in [3.05, 3.63) is 88.6 Å². The van der Waals surface area contributed by atoms with Crippen molar-refractivity contribution >= 4 is 49.7 Å². The third-order valence-electron chi connectivity index (χ3n) is 7.54. The van der Waals surface area contributed by atoms with Gasteiger partial charge in [0.05, 0.1) is 22.2 Å². The number of likely N-dealkylation sites (N-methyl/N-ethyl adjacent to an activating group) is 1. The van der Waals surface area contributed by atoms with E-state index in [2.05, 4.69) is 46.4 Å². The second-order valence-corrected chi connectivity index (χ2v) is 13.3. The lowest BCUT2D eigenvalue weighted by molar-refractivity contribution is 0.313. The van der Waals surface area contributed by atoms with E-state index in [0.717, 1.165) is 66.9 Å². The average Bonchev–Trinajstić information content (AvgIpc) is 3.78. The van der Waals surface area contributed by atoms with E-state index in [0.29, 0.717) is 23.0 Å². The molecular formula is C30H32ClN5O2S. The molecule has 0 unspecified atom stereocenters. The minimum atomic E-state index is -3.17. The number of piperazine rings is 1. The van der Waals surface area contributed by atoms with E-state index in [1.807, 2.05) is 36.4 Å². The number of rotatable bonds is 8. The monoisotopic (exact) mass is 561 g/mol. The van der Waals surface area contributed by atoms with Crippen LogP contribution in [0.5, 0.6) is 0 Å². The number of benzene rings is 3. The molecule has 2 fully saturated rings. The molecule has 0 atom stereocenters. The van der Waals surface area contributed by atoms with Gasteiger partial charge < -0.3 is 15.1 Å². The molecule has 0 amide bonds. The van der Waals surface area contributed by atoms with Crippen LogP contribution in [0, 0.1) is 0 Å².